The van der Waals surface area contributed by atoms with Crippen LogP contribution in [-0.4, -0.2) is 30.5 Å². The topological polar surface area (TPSA) is 29.5 Å². The largest absolute Gasteiger partial charge is 0.370 e. The number of carbonyl (C=O) groups excluding carboxylic acids is 1. The zero-order valence-electron chi connectivity index (χ0n) is 10.5. The molecule has 0 aliphatic carbocycles. The summed E-state index contributed by atoms with van der Waals surface area (Å²) >= 11 is 0. The molecule has 0 unspecified atom stereocenters. The number of nitrogens with zero attached hydrogens (tertiary/aromatic N) is 1. The Morgan fingerprint density at radius 3 is 2.76 bits per heavy atom. The van der Waals surface area contributed by atoms with Crippen LogP contribution in [0.15, 0.2) is 24.3 Å². The van der Waals surface area contributed by atoms with E-state index in [4.69, 9.17) is 4.74 Å². The lowest BCUT2D eigenvalue weighted by atomic mass is 10.1. The molecule has 1 heterocycles. The molecule has 1 fully saturated rings. The van der Waals surface area contributed by atoms with Crippen molar-refractivity contribution in [2.75, 3.05) is 19.7 Å². The molecule has 0 aromatic heterocycles. The molecule has 3 heteroatoms. The number of carbonyl (C=O) groups is 1. The number of rotatable bonds is 2. The second-order valence-corrected chi connectivity index (χ2v) is 4.46. The number of amides is 1. The van der Waals surface area contributed by atoms with Crippen LogP contribution >= 0.6 is 0 Å². The van der Waals surface area contributed by atoms with Gasteiger partial charge in [-0.05, 0) is 12.5 Å². The van der Waals surface area contributed by atoms with E-state index in [1.165, 1.54) is 5.56 Å². The molecule has 2 rings (SSSR count). The highest BCUT2D eigenvalue weighted by atomic mass is 16.5. The molecule has 1 amide bonds. The van der Waals surface area contributed by atoms with Crippen molar-refractivity contribution >= 4 is 5.91 Å². The molecular formula is C14H19NO2. The van der Waals surface area contributed by atoms with Crippen molar-refractivity contribution < 1.29 is 9.53 Å². The number of hydrogen-bond donors (Lipinski definition) is 0. The Morgan fingerprint density at radius 2 is 2.12 bits per heavy atom. The first kappa shape index (κ1) is 12.1. The van der Waals surface area contributed by atoms with E-state index in [9.17, 15) is 4.79 Å². The predicted molar refractivity (Wildman–Crippen MR) is 66.7 cm³/mol. The van der Waals surface area contributed by atoms with Crippen molar-refractivity contribution in [2.24, 2.45) is 0 Å². The smallest absolute Gasteiger partial charge is 0.222 e. The van der Waals surface area contributed by atoms with Crippen LogP contribution in [0.4, 0.5) is 0 Å². The number of aryl methyl sites for hydroxylation is 1. The lowest BCUT2D eigenvalue weighted by Crippen LogP contribution is -2.41. The van der Waals surface area contributed by atoms with E-state index in [1.807, 2.05) is 11.8 Å². The van der Waals surface area contributed by atoms with Gasteiger partial charge in [0.2, 0.25) is 5.91 Å². The first-order valence-corrected chi connectivity index (χ1v) is 6.16. The molecule has 1 aromatic rings. The average molecular weight is 233 g/mol. The zero-order chi connectivity index (χ0) is 12.3. The van der Waals surface area contributed by atoms with Crippen molar-refractivity contribution in [1.29, 1.82) is 0 Å². The maximum Gasteiger partial charge on any atom is 0.222 e. The summed E-state index contributed by atoms with van der Waals surface area (Å²) in [6, 6.07) is 8.33. The van der Waals surface area contributed by atoms with Crippen molar-refractivity contribution in [3.63, 3.8) is 0 Å². The molecule has 1 atom stereocenters. The van der Waals surface area contributed by atoms with Gasteiger partial charge in [0.15, 0.2) is 0 Å². The Morgan fingerprint density at radius 1 is 1.41 bits per heavy atom. The summed E-state index contributed by atoms with van der Waals surface area (Å²) in [5.74, 6) is 0.213. The van der Waals surface area contributed by atoms with E-state index >= 15 is 0 Å². The molecular weight excluding hydrogens is 214 g/mol. The molecule has 17 heavy (non-hydrogen) atoms. The summed E-state index contributed by atoms with van der Waals surface area (Å²) in [7, 11) is 0. The highest BCUT2D eigenvalue weighted by Gasteiger charge is 2.24. The first-order valence-electron chi connectivity index (χ1n) is 6.16. The third kappa shape index (κ3) is 2.86. The monoisotopic (exact) mass is 233 g/mol. The first-order chi connectivity index (χ1) is 8.20. The van der Waals surface area contributed by atoms with Crippen LogP contribution in [0.1, 0.15) is 30.6 Å². The summed E-state index contributed by atoms with van der Waals surface area (Å²) in [6.07, 6.45) is 0.598. The Kier molecular flexibility index (Phi) is 3.79. The van der Waals surface area contributed by atoms with Crippen LogP contribution in [-0.2, 0) is 9.53 Å². The molecule has 92 valence electrons. The minimum Gasteiger partial charge on any atom is -0.370 e. The van der Waals surface area contributed by atoms with Gasteiger partial charge in [-0.2, -0.15) is 0 Å². The normalized spacial score (nSPS) is 20.4. The van der Waals surface area contributed by atoms with Crippen molar-refractivity contribution in [1.82, 2.24) is 4.90 Å². The van der Waals surface area contributed by atoms with Crippen LogP contribution in [0, 0.1) is 6.92 Å². The highest BCUT2D eigenvalue weighted by molar-refractivity contribution is 5.75. The molecule has 0 bridgehead atoms. The molecule has 0 radical (unpaired) electrons. The van der Waals surface area contributed by atoms with E-state index in [1.54, 1.807) is 0 Å². The summed E-state index contributed by atoms with van der Waals surface area (Å²) in [4.78, 5) is 13.6. The lowest BCUT2D eigenvalue weighted by molar-refractivity contribution is -0.138. The zero-order valence-corrected chi connectivity index (χ0v) is 10.5. The lowest BCUT2D eigenvalue weighted by Gasteiger charge is -2.33. The maximum atomic E-state index is 11.7. The van der Waals surface area contributed by atoms with E-state index in [2.05, 4.69) is 31.2 Å². The third-order valence-electron chi connectivity index (χ3n) is 3.17. The Balaban J connectivity index is 2.06. The molecule has 1 aliphatic rings. The fraction of sp³-hybridized carbons (Fsp3) is 0.500. The minimum absolute atomic E-state index is 0.0276. The van der Waals surface area contributed by atoms with Crippen LogP contribution in [0.2, 0.25) is 0 Å². The van der Waals surface area contributed by atoms with Gasteiger partial charge >= 0.3 is 0 Å². The van der Waals surface area contributed by atoms with Gasteiger partial charge in [-0.3, -0.25) is 4.79 Å². The van der Waals surface area contributed by atoms with Crippen LogP contribution < -0.4 is 0 Å². The molecule has 3 nitrogen and oxygen atoms in total. The summed E-state index contributed by atoms with van der Waals surface area (Å²) < 4.78 is 5.73. The number of hydrogen-bond acceptors (Lipinski definition) is 2. The van der Waals surface area contributed by atoms with E-state index < -0.39 is 0 Å². The van der Waals surface area contributed by atoms with E-state index in [0.717, 1.165) is 12.1 Å². The molecule has 1 aromatic carbocycles. The Bertz CT molecular complexity index is 386. The summed E-state index contributed by atoms with van der Waals surface area (Å²) in [5, 5.41) is 0. The van der Waals surface area contributed by atoms with Gasteiger partial charge in [0.25, 0.3) is 0 Å². The fourth-order valence-corrected chi connectivity index (χ4v) is 2.08. The summed E-state index contributed by atoms with van der Waals surface area (Å²) in [6.45, 7) is 5.99. The number of morpholine rings is 1. The van der Waals surface area contributed by atoms with Gasteiger partial charge in [-0.1, -0.05) is 36.8 Å². The average Bonchev–Trinajstić information content (AvgIpc) is 2.39. The number of benzene rings is 1. The van der Waals surface area contributed by atoms with Crippen LogP contribution in [0.5, 0.6) is 0 Å². The van der Waals surface area contributed by atoms with Crippen LogP contribution in [0.25, 0.3) is 0 Å². The fourth-order valence-electron chi connectivity index (χ4n) is 2.08. The number of ether oxygens (including phenoxy) is 1. The van der Waals surface area contributed by atoms with Gasteiger partial charge in [-0.15, -0.1) is 0 Å². The van der Waals surface area contributed by atoms with Crippen LogP contribution in [0.3, 0.4) is 0 Å². The van der Waals surface area contributed by atoms with E-state index in [-0.39, 0.29) is 12.0 Å². The van der Waals surface area contributed by atoms with Gasteiger partial charge < -0.3 is 9.64 Å². The second-order valence-electron chi connectivity index (χ2n) is 4.46. The van der Waals surface area contributed by atoms with Gasteiger partial charge in [0.05, 0.1) is 13.2 Å². The Labute approximate surface area is 102 Å². The maximum absolute atomic E-state index is 11.7. The van der Waals surface area contributed by atoms with Crippen molar-refractivity contribution in [3.8, 4) is 0 Å². The highest BCUT2D eigenvalue weighted by Crippen LogP contribution is 2.22. The van der Waals surface area contributed by atoms with E-state index in [0.29, 0.717) is 19.6 Å². The van der Waals surface area contributed by atoms with Crippen molar-refractivity contribution in [2.45, 2.75) is 26.4 Å². The molecule has 1 saturated heterocycles. The molecule has 0 N–H and O–H groups in total. The third-order valence-corrected chi connectivity index (χ3v) is 3.17. The second kappa shape index (κ2) is 5.32. The molecule has 0 spiro atoms. The quantitative estimate of drug-likeness (QED) is 0.784. The van der Waals surface area contributed by atoms with Gasteiger partial charge in [0.1, 0.15) is 6.10 Å². The Hall–Kier alpha value is -1.35. The van der Waals surface area contributed by atoms with Gasteiger partial charge in [-0.25, -0.2) is 0 Å². The summed E-state index contributed by atoms with van der Waals surface area (Å²) in [5.41, 5.74) is 2.40. The SMILES string of the molecule is CCC(=O)N1CCO[C@@H](c2ccc(C)cc2)C1. The minimum atomic E-state index is 0.0276. The van der Waals surface area contributed by atoms with Gasteiger partial charge in [0, 0.05) is 13.0 Å². The predicted octanol–water partition coefficient (Wildman–Crippen LogP) is 2.30. The van der Waals surface area contributed by atoms with Crippen molar-refractivity contribution in [3.05, 3.63) is 35.4 Å². The molecule has 1 aliphatic heterocycles. The standard InChI is InChI=1S/C14H19NO2/c1-3-14(16)15-8-9-17-13(10-15)12-6-4-11(2)5-7-12/h4-7,13H,3,8-10H2,1-2H3/t13-/m1/s1. The molecule has 0 saturated carbocycles.